The summed E-state index contributed by atoms with van der Waals surface area (Å²) in [7, 11) is 0. The van der Waals surface area contributed by atoms with E-state index in [2.05, 4.69) is 10.6 Å². The molecular formula is C15H18ClN3O3. The minimum atomic E-state index is -0.517. The summed E-state index contributed by atoms with van der Waals surface area (Å²) in [5, 5.41) is 23.6. The second-order valence-corrected chi connectivity index (χ2v) is 4.73. The van der Waals surface area contributed by atoms with Crippen LogP contribution in [0.3, 0.4) is 0 Å². The first kappa shape index (κ1) is 18.0. The summed E-state index contributed by atoms with van der Waals surface area (Å²) < 4.78 is 5.04. The van der Waals surface area contributed by atoms with Crippen LogP contribution >= 0.6 is 11.6 Å². The molecule has 118 valence electrons. The molecule has 1 amide bonds. The van der Waals surface area contributed by atoms with Gasteiger partial charge in [-0.15, -0.1) is 0 Å². The summed E-state index contributed by atoms with van der Waals surface area (Å²) in [5.74, 6) is -0.517. The fourth-order valence-electron chi connectivity index (χ4n) is 1.55. The van der Waals surface area contributed by atoms with Gasteiger partial charge in [-0.05, 0) is 24.6 Å². The minimum absolute atomic E-state index is 0.0410. The average Bonchev–Trinajstić information content (AvgIpc) is 2.51. The number of rotatable bonds is 8. The Morgan fingerprint density at radius 3 is 2.95 bits per heavy atom. The molecule has 0 atom stereocenters. The lowest BCUT2D eigenvalue weighted by molar-refractivity contribution is -0.112. The highest BCUT2D eigenvalue weighted by atomic mass is 35.5. The van der Waals surface area contributed by atoms with E-state index in [0.29, 0.717) is 23.9 Å². The molecule has 0 heterocycles. The van der Waals surface area contributed by atoms with Crippen LogP contribution in [0.4, 0.5) is 5.69 Å². The van der Waals surface area contributed by atoms with E-state index in [1.54, 1.807) is 25.1 Å². The lowest BCUT2D eigenvalue weighted by atomic mass is 10.2. The van der Waals surface area contributed by atoms with Crippen molar-refractivity contribution in [1.82, 2.24) is 5.32 Å². The SMILES string of the molecule is Cc1c(Cl)cccc1NC(=O)/C(C#N)=C\NCCOCCO. The smallest absolute Gasteiger partial charge is 0.267 e. The molecule has 0 aliphatic carbocycles. The van der Waals surface area contributed by atoms with Crippen LogP contribution in [0.25, 0.3) is 0 Å². The van der Waals surface area contributed by atoms with E-state index in [9.17, 15) is 4.79 Å². The maximum atomic E-state index is 12.0. The number of halogens is 1. The number of aliphatic hydroxyl groups is 1. The lowest BCUT2D eigenvalue weighted by Gasteiger charge is -2.09. The standard InChI is InChI=1S/C15H18ClN3O3/c1-11-13(16)3-2-4-14(11)19-15(21)12(9-17)10-18-5-7-22-8-6-20/h2-4,10,18,20H,5-8H2,1H3,(H,19,21)/b12-10-. The first-order valence-electron chi connectivity index (χ1n) is 6.69. The maximum Gasteiger partial charge on any atom is 0.267 e. The molecule has 0 radical (unpaired) electrons. The Labute approximate surface area is 134 Å². The fraction of sp³-hybridized carbons (Fsp3) is 0.333. The Morgan fingerprint density at radius 2 is 2.27 bits per heavy atom. The highest BCUT2D eigenvalue weighted by Gasteiger charge is 2.11. The third-order valence-corrected chi connectivity index (χ3v) is 3.16. The van der Waals surface area contributed by atoms with Crippen molar-refractivity contribution >= 4 is 23.2 Å². The molecular weight excluding hydrogens is 306 g/mol. The number of nitriles is 1. The molecule has 0 aromatic heterocycles. The van der Waals surface area contributed by atoms with Gasteiger partial charge in [-0.2, -0.15) is 5.26 Å². The average molecular weight is 324 g/mol. The molecule has 6 nitrogen and oxygen atoms in total. The first-order chi connectivity index (χ1) is 10.6. The van der Waals surface area contributed by atoms with Gasteiger partial charge in [0.05, 0.1) is 19.8 Å². The Bertz CT molecular complexity index is 582. The molecule has 0 saturated heterocycles. The fourth-order valence-corrected chi connectivity index (χ4v) is 1.73. The maximum absolute atomic E-state index is 12.0. The normalized spacial score (nSPS) is 10.9. The van der Waals surface area contributed by atoms with Gasteiger partial charge in [-0.25, -0.2) is 0 Å². The van der Waals surface area contributed by atoms with E-state index >= 15 is 0 Å². The van der Waals surface area contributed by atoms with Crippen LogP contribution in [0.2, 0.25) is 5.02 Å². The number of nitrogens with zero attached hydrogens (tertiary/aromatic N) is 1. The molecule has 0 saturated carbocycles. The monoisotopic (exact) mass is 323 g/mol. The van der Waals surface area contributed by atoms with Gasteiger partial charge in [0.15, 0.2) is 0 Å². The zero-order chi connectivity index (χ0) is 16.4. The number of benzene rings is 1. The summed E-state index contributed by atoms with van der Waals surface area (Å²) >= 11 is 5.98. The Kier molecular flexibility index (Phi) is 8.00. The van der Waals surface area contributed by atoms with Crippen molar-refractivity contribution in [3.05, 3.63) is 40.6 Å². The van der Waals surface area contributed by atoms with Crippen LogP contribution in [0.1, 0.15) is 5.56 Å². The van der Waals surface area contributed by atoms with E-state index in [0.717, 1.165) is 5.56 Å². The quantitative estimate of drug-likeness (QED) is 0.384. The molecule has 1 aromatic carbocycles. The number of ether oxygens (including phenoxy) is 1. The molecule has 3 N–H and O–H groups in total. The molecule has 0 aliphatic heterocycles. The topological polar surface area (TPSA) is 94.4 Å². The molecule has 0 unspecified atom stereocenters. The van der Waals surface area contributed by atoms with E-state index in [1.807, 2.05) is 6.07 Å². The molecule has 0 bridgehead atoms. The van der Waals surface area contributed by atoms with Gasteiger partial charge < -0.3 is 20.5 Å². The largest absolute Gasteiger partial charge is 0.394 e. The zero-order valence-electron chi connectivity index (χ0n) is 12.2. The highest BCUT2D eigenvalue weighted by Crippen LogP contribution is 2.23. The zero-order valence-corrected chi connectivity index (χ0v) is 13.0. The molecule has 0 spiro atoms. The number of aliphatic hydroxyl groups excluding tert-OH is 1. The number of hydrogen-bond donors (Lipinski definition) is 3. The van der Waals surface area contributed by atoms with Crippen molar-refractivity contribution in [3.8, 4) is 6.07 Å². The van der Waals surface area contributed by atoms with Gasteiger partial charge in [0, 0.05) is 23.5 Å². The predicted molar refractivity (Wildman–Crippen MR) is 84.4 cm³/mol. The van der Waals surface area contributed by atoms with Gasteiger partial charge in [-0.1, -0.05) is 17.7 Å². The second kappa shape index (κ2) is 9.79. The van der Waals surface area contributed by atoms with Crippen molar-refractivity contribution in [2.45, 2.75) is 6.92 Å². The third-order valence-electron chi connectivity index (χ3n) is 2.75. The predicted octanol–water partition coefficient (Wildman–Crippen LogP) is 1.59. The van der Waals surface area contributed by atoms with Crippen LogP contribution < -0.4 is 10.6 Å². The molecule has 7 heteroatoms. The Morgan fingerprint density at radius 1 is 1.50 bits per heavy atom. The molecule has 0 fully saturated rings. The van der Waals surface area contributed by atoms with E-state index < -0.39 is 5.91 Å². The lowest BCUT2D eigenvalue weighted by Crippen LogP contribution is -2.20. The van der Waals surface area contributed by atoms with Gasteiger partial charge in [0.1, 0.15) is 11.6 Å². The van der Waals surface area contributed by atoms with Crippen LogP contribution in [0.15, 0.2) is 30.0 Å². The summed E-state index contributed by atoms with van der Waals surface area (Å²) in [5.41, 5.74) is 1.24. The summed E-state index contributed by atoms with van der Waals surface area (Å²) in [6, 6.07) is 6.99. The number of nitrogens with one attached hydrogen (secondary N) is 2. The van der Waals surface area contributed by atoms with Gasteiger partial charge in [-0.3, -0.25) is 4.79 Å². The highest BCUT2D eigenvalue weighted by molar-refractivity contribution is 6.31. The van der Waals surface area contributed by atoms with Crippen LogP contribution in [0, 0.1) is 18.3 Å². The summed E-state index contributed by atoms with van der Waals surface area (Å²) in [6.45, 7) is 2.79. The summed E-state index contributed by atoms with van der Waals surface area (Å²) in [4.78, 5) is 12.0. The first-order valence-corrected chi connectivity index (χ1v) is 7.06. The van der Waals surface area contributed by atoms with E-state index in [4.69, 9.17) is 26.7 Å². The van der Waals surface area contributed by atoms with Gasteiger partial charge in [0.2, 0.25) is 0 Å². The second-order valence-electron chi connectivity index (χ2n) is 4.33. The van der Waals surface area contributed by atoms with E-state index in [-0.39, 0.29) is 18.8 Å². The molecule has 22 heavy (non-hydrogen) atoms. The van der Waals surface area contributed by atoms with Crippen molar-refractivity contribution in [1.29, 1.82) is 5.26 Å². The van der Waals surface area contributed by atoms with Gasteiger partial charge >= 0.3 is 0 Å². The molecule has 1 rings (SSSR count). The van der Waals surface area contributed by atoms with Gasteiger partial charge in [0.25, 0.3) is 5.91 Å². The van der Waals surface area contributed by atoms with Crippen LogP contribution in [0.5, 0.6) is 0 Å². The minimum Gasteiger partial charge on any atom is -0.394 e. The number of carbonyl (C=O) groups is 1. The Hall–Kier alpha value is -2.07. The Balaban J connectivity index is 2.57. The van der Waals surface area contributed by atoms with E-state index in [1.165, 1.54) is 6.20 Å². The van der Waals surface area contributed by atoms with Crippen LogP contribution in [-0.4, -0.2) is 37.4 Å². The van der Waals surface area contributed by atoms with Crippen molar-refractivity contribution in [2.75, 3.05) is 31.7 Å². The molecule has 1 aromatic rings. The number of carbonyl (C=O) groups excluding carboxylic acids is 1. The van der Waals surface area contributed by atoms with Crippen LogP contribution in [-0.2, 0) is 9.53 Å². The number of anilines is 1. The van der Waals surface area contributed by atoms with Crippen molar-refractivity contribution in [3.63, 3.8) is 0 Å². The van der Waals surface area contributed by atoms with Crippen molar-refractivity contribution in [2.24, 2.45) is 0 Å². The molecule has 0 aliphatic rings. The number of amides is 1. The van der Waals surface area contributed by atoms with Crippen molar-refractivity contribution < 1.29 is 14.6 Å². The third kappa shape index (κ3) is 5.74. The number of hydrogen-bond acceptors (Lipinski definition) is 5. The summed E-state index contributed by atoms with van der Waals surface area (Å²) in [6.07, 6.45) is 1.33.